The van der Waals surface area contributed by atoms with Crippen molar-refractivity contribution in [3.63, 3.8) is 0 Å². The topological polar surface area (TPSA) is 103 Å². The van der Waals surface area contributed by atoms with Gasteiger partial charge in [-0.1, -0.05) is 11.6 Å². The smallest absolute Gasteiger partial charge is 0.339 e. The maximum absolute atomic E-state index is 12.7. The number of hydrogen-bond acceptors (Lipinski definition) is 6. The number of fused-ring (bicyclic) bond motifs is 1. The van der Waals surface area contributed by atoms with E-state index in [4.69, 9.17) is 16.0 Å². The van der Waals surface area contributed by atoms with Gasteiger partial charge < -0.3 is 19.0 Å². The summed E-state index contributed by atoms with van der Waals surface area (Å²) in [4.78, 5) is 40.8. The van der Waals surface area contributed by atoms with E-state index in [1.165, 1.54) is 43.3 Å². The molecule has 2 heterocycles. The summed E-state index contributed by atoms with van der Waals surface area (Å²) in [6.45, 7) is 1.57. The van der Waals surface area contributed by atoms with Crippen molar-refractivity contribution in [2.24, 2.45) is 7.05 Å². The molecule has 0 unspecified atom stereocenters. The lowest BCUT2D eigenvalue weighted by Crippen LogP contribution is -2.20. The Labute approximate surface area is 152 Å². The van der Waals surface area contributed by atoms with Crippen LogP contribution in [0.4, 0.5) is 5.69 Å². The number of amides is 1. The van der Waals surface area contributed by atoms with Crippen LogP contribution in [-0.4, -0.2) is 28.5 Å². The van der Waals surface area contributed by atoms with Gasteiger partial charge in [0.2, 0.25) is 5.71 Å². The molecule has 0 aliphatic heterocycles. The SMILES string of the molecule is COC(=O)c1cc(NC(=O)c2c(C)oc3ncn(C)c(=O)c23)ccc1Cl. The molecule has 0 fully saturated rings. The Morgan fingerprint density at radius 3 is 2.77 bits per heavy atom. The van der Waals surface area contributed by atoms with Crippen molar-refractivity contribution in [2.45, 2.75) is 6.92 Å². The van der Waals surface area contributed by atoms with Crippen LogP contribution in [0.5, 0.6) is 0 Å². The summed E-state index contributed by atoms with van der Waals surface area (Å²) in [5.41, 5.74) is 0.196. The number of methoxy groups -OCH3 is 1. The summed E-state index contributed by atoms with van der Waals surface area (Å²) in [6.07, 6.45) is 1.32. The highest BCUT2D eigenvalue weighted by molar-refractivity contribution is 6.33. The Morgan fingerprint density at radius 2 is 2.08 bits per heavy atom. The fraction of sp³-hybridized carbons (Fsp3) is 0.176. The van der Waals surface area contributed by atoms with Gasteiger partial charge in [0, 0.05) is 12.7 Å². The minimum absolute atomic E-state index is 0.0853. The third kappa shape index (κ3) is 2.95. The maximum atomic E-state index is 12.7. The third-order valence-electron chi connectivity index (χ3n) is 3.80. The van der Waals surface area contributed by atoms with Gasteiger partial charge in [0.15, 0.2) is 0 Å². The summed E-state index contributed by atoms with van der Waals surface area (Å²) < 4.78 is 11.3. The Bertz CT molecular complexity index is 1100. The van der Waals surface area contributed by atoms with Crippen LogP contribution in [0, 0.1) is 6.92 Å². The number of aromatic nitrogens is 2. The van der Waals surface area contributed by atoms with E-state index >= 15 is 0 Å². The first-order chi connectivity index (χ1) is 12.3. The number of furan rings is 1. The van der Waals surface area contributed by atoms with E-state index in [9.17, 15) is 14.4 Å². The fourth-order valence-electron chi connectivity index (χ4n) is 2.52. The van der Waals surface area contributed by atoms with Gasteiger partial charge in [0.1, 0.15) is 17.5 Å². The van der Waals surface area contributed by atoms with Crippen LogP contribution in [0.25, 0.3) is 11.1 Å². The van der Waals surface area contributed by atoms with E-state index < -0.39 is 17.4 Å². The lowest BCUT2D eigenvalue weighted by Gasteiger charge is -2.08. The number of carbonyl (C=O) groups is 2. The number of rotatable bonds is 3. The highest BCUT2D eigenvalue weighted by Gasteiger charge is 2.23. The molecule has 0 saturated carbocycles. The summed E-state index contributed by atoms with van der Waals surface area (Å²) in [5.74, 6) is -0.936. The molecule has 0 saturated heterocycles. The molecule has 8 nitrogen and oxygen atoms in total. The summed E-state index contributed by atoms with van der Waals surface area (Å²) in [5, 5.41) is 2.91. The van der Waals surface area contributed by atoms with Crippen LogP contribution < -0.4 is 10.9 Å². The quantitative estimate of drug-likeness (QED) is 0.705. The number of hydrogen-bond donors (Lipinski definition) is 1. The van der Waals surface area contributed by atoms with Crippen LogP contribution in [0.15, 0.2) is 33.7 Å². The van der Waals surface area contributed by atoms with Crippen LogP contribution in [0.2, 0.25) is 5.02 Å². The number of ether oxygens (including phenoxy) is 1. The third-order valence-corrected chi connectivity index (χ3v) is 4.13. The molecule has 1 aromatic carbocycles. The predicted molar refractivity (Wildman–Crippen MR) is 94.7 cm³/mol. The average molecular weight is 376 g/mol. The zero-order chi connectivity index (χ0) is 19.0. The second-order valence-electron chi connectivity index (χ2n) is 5.51. The monoisotopic (exact) mass is 375 g/mol. The van der Waals surface area contributed by atoms with Crippen molar-refractivity contribution >= 4 is 40.3 Å². The molecule has 0 radical (unpaired) electrons. The Kier molecular flexibility index (Phi) is 4.52. The number of nitrogens with one attached hydrogen (secondary N) is 1. The summed E-state index contributed by atoms with van der Waals surface area (Å²) in [7, 11) is 2.76. The standard InChI is InChI=1S/C17H14ClN3O5/c1-8-12(13-15(26-8)19-7-21(2)16(13)23)14(22)20-9-4-5-11(18)10(6-9)17(24)25-3/h4-7H,1-3H3,(H,20,22). The molecule has 0 bridgehead atoms. The highest BCUT2D eigenvalue weighted by atomic mass is 35.5. The number of esters is 1. The largest absolute Gasteiger partial charge is 0.465 e. The van der Waals surface area contributed by atoms with Crippen LogP contribution >= 0.6 is 11.6 Å². The first-order valence-electron chi connectivity index (χ1n) is 7.47. The van der Waals surface area contributed by atoms with E-state index in [0.717, 1.165) is 0 Å². The zero-order valence-corrected chi connectivity index (χ0v) is 14.9. The molecule has 0 atom stereocenters. The molecule has 0 aliphatic carbocycles. The van der Waals surface area contributed by atoms with E-state index in [0.29, 0.717) is 5.69 Å². The first-order valence-corrected chi connectivity index (χ1v) is 7.85. The van der Waals surface area contributed by atoms with E-state index in [-0.39, 0.29) is 33.0 Å². The molecule has 9 heteroatoms. The molecule has 26 heavy (non-hydrogen) atoms. The summed E-state index contributed by atoms with van der Waals surface area (Å²) >= 11 is 5.97. The van der Waals surface area contributed by atoms with Gasteiger partial charge in [-0.3, -0.25) is 9.59 Å². The second-order valence-corrected chi connectivity index (χ2v) is 5.92. The zero-order valence-electron chi connectivity index (χ0n) is 14.1. The van der Waals surface area contributed by atoms with Crippen LogP contribution in [0.3, 0.4) is 0 Å². The minimum Gasteiger partial charge on any atom is -0.465 e. The van der Waals surface area contributed by atoms with Gasteiger partial charge in [-0.05, 0) is 25.1 Å². The van der Waals surface area contributed by atoms with Crippen molar-refractivity contribution in [3.05, 3.63) is 56.8 Å². The molecule has 134 valence electrons. The van der Waals surface area contributed by atoms with Crippen LogP contribution in [-0.2, 0) is 11.8 Å². The van der Waals surface area contributed by atoms with Gasteiger partial charge in [0.25, 0.3) is 11.5 Å². The van der Waals surface area contributed by atoms with E-state index in [2.05, 4.69) is 15.0 Å². The Balaban J connectivity index is 2.03. The summed E-state index contributed by atoms with van der Waals surface area (Å²) in [6, 6.07) is 4.38. The number of benzene rings is 1. The van der Waals surface area contributed by atoms with Crippen molar-refractivity contribution < 1.29 is 18.7 Å². The van der Waals surface area contributed by atoms with Crippen molar-refractivity contribution in [1.29, 1.82) is 0 Å². The van der Waals surface area contributed by atoms with E-state index in [1.54, 1.807) is 6.92 Å². The number of aryl methyl sites for hydroxylation is 2. The Hall–Kier alpha value is -3.13. The van der Waals surface area contributed by atoms with Gasteiger partial charge in [-0.15, -0.1) is 0 Å². The van der Waals surface area contributed by atoms with Gasteiger partial charge in [-0.25, -0.2) is 9.78 Å². The normalized spacial score (nSPS) is 10.8. The molecule has 2 aromatic heterocycles. The number of halogens is 1. The number of anilines is 1. The first kappa shape index (κ1) is 17.7. The Morgan fingerprint density at radius 1 is 1.35 bits per heavy atom. The molecule has 0 spiro atoms. The van der Waals surface area contributed by atoms with Crippen molar-refractivity contribution in [2.75, 3.05) is 12.4 Å². The van der Waals surface area contributed by atoms with Crippen molar-refractivity contribution in [3.8, 4) is 0 Å². The van der Waals surface area contributed by atoms with Crippen LogP contribution in [0.1, 0.15) is 26.5 Å². The number of nitrogens with zero attached hydrogens (tertiary/aromatic N) is 2. The van der Waals surface area contributed by atoms with Gasteiger partial charge in [0.05, 0.1) is 23.3 Å². The highest BCUT2D eigenvalue weighted by Crippen LogP contribution is 2.24. The molecular formula is C17H14ClN3O5. The average Bonchev–Trinajstić information content (AvgIpc) is 2.96. The second kappa shape index (κ2) is 6.64. The molecule has 1 amide bonds. The van der Waals surface area contributed by atoms with Gasteiger partial charge >= 0.3 is 5.97 Å². The maximum Gasteiger partial charge on any atom is 0.339 e. The lowest BCUT2D eigenvalue weighted by atomic mass is 10.1. The number of carbonyl (C=O) groups excluding carboxylic acids is 2. The molecule has 1 N–H and O–H groups in total. The molecular weight excluding hydrogens is 362 g/mol. The molecule has 3 rings (SSSR count). The fourth-order valence-corrected chi connectivity index (χ4v) is 2.72. The molecule has 0 aliphatic rings. The lowest BCUT2D eigenvalue weighted by molar-refractivity contribution is 0.0600. The van der Waals surface area contributed by atoms with E-state index in [1.807, 2.05) is 0 Å². The van der Waals surface area contributed by atoms with Gasteiger partial charge in [-0.2, -0.15) is 0 Å². The molecule has 3 aromatic rings. The predicted octanol–water partition coefficient (Wildman–Crippen LogP) is 2.53. The van der Waals surface area contributed by atoms with Crippen molar-refractivity contribution in [1.82, 2.24) is 9.55 Å². The minimum atomic E-state index is -0.630.